The number of aliphatic hydroxyl groups excluding tert-OH is 1. The van der Waals surface area contributed by atoms with Crippen LogP contribution in [-0.2, 0) is 19.1 Å². The summed E-state index contributed by atoms with van der Waals surface area (Å²) in [6, 6.07) is 4.99. The first-order valence-electron chi connectivity index (χ1n) is 9.37. The van der Waals surface area contributed by atoms with Crippen molar-refractivity contribution in [3.63, 3.8) is 0 Å². The summed E-state index contributed by atoms with van der Waals surface area (Å²) in [5, 5.41) is 22.3. The van der Waals surface area contributed by atoms with Gasteiger partial charge in [-0.1, -0.05) is 17.8 Å². The summed E-state index contributed by atoms with van der Waals surface area (Å²) in [4.78, 5) is 28.1. The van der Waals surface area contributed by atoms with Crippen LogP contribution in [0.2, 0.25) is 0 Å². The molecule has 0 saturated heterocycles. The topological polar surface area (TPSA) is 118 Å². The van der Waals surface area contributed by atoms with Gasteiger partial charge in [0.1, 0.15) is 18.5 Å². The average molecular weight is 408 g/mol. The van der Waals surface area contributed by atoms with Crippen molar-refractivity contribution in [2.24, 2.45) is 0 Å². The highest BCUT2D eigenvalue weighted by Crippen LogP contribution is 2.31. The number of aromatic nitrogens is 1. The van der Waals surface area contributed by atoms with Gasteiger partial charge in [0, 0.05) is 0 Å². The maximum Gasteiger partial charge on any atom is 0.306 e. The summed E-state index contributed by atoms with van der Waals surface area (Å²) in [7, 11) is 0. The van der Waals surface area contributed by atoms with Crippen molar-refractivity contribution in [1.29, 1.82) is 0 Å². The van der Waals surface area contributed by atoms with Gasteiger partial charge in [-0.3, -0.25) is 9.59 Å². The first kappa shape index (κ1) is 20.3. The predicted octanol–water partition coefficient (Wildman–Crippen LogP) is 2.58. The third-order valence-electron chi connectivity index (χ3n) is 4.55. The Bertz CT molecular complexity index is 824. The van der Waals surface area contributed by atoms with E-state index >= 15 is 0 Å². The number of esters is 2. The molecule has 1 heterocycles. The van der Waals surface area contributed by atoms with E-state index in [1.165, 1.54) is 11.3 Å². The van der Waals surface area contributed by atoms with Gasteiger partial charge in [0.25, 0.3) is 0 Å². The molecule has 152 valence electrons. The molecule has 2 atom stereocenters. The van der Waals surface area contributed by atoms with E-state index in [0.29, 0.717) is 0 Å². The predicted molar refractivity (Wildman–Crippen MR) is 104 cm³/mol. The van der Waals surface area contributed by atoms with E-state index in [-0.39, 0.29) is 44.0 Å². The number of hydrogen-bond acceptors (Lipinski definition) is 9. The molecule has 1 aliphatic rings. The molecule has 0 amide bonds. The summed E-state index contributed by atoms with van der Waals surface area (Å²) in [6.07, 6.45) is 3.23. The fraction of sp³-hybridized carbons (Fsp3) is 0.526. The van der Waals surface area contributed by atoms with Crippen LogP contribution in [0.5, 0.6) is 5.75 Å². The number of ether oxygens (including phenoxy) is 2. The minimum Gasteiger partial charge on any atom is -0.508 e. The second-order valence-corrected chi connectivity index (χ2v) is 7.71. The van der Waals surface area contributed by atoms with Crippen LogP contribution in [0.1, 0.15) is 38.5 Å². The van der Waals surface area contributed by atoms with E-state index in [9.17, 15) is 14.7 Å². The third kappa shape index (κ3) is 5.56. The van der Waals surface area contributed by atoms with Crippen molar-refractivity contribution < 1.29 is 29.3 Å². The van der Waals surface area contributed by atoms with Gasteiger partial charge < -0.3 is 25.0 Å². The number of fused-ring (bicyclic) bond motifs is 1. The Kier molecular flexibility index (Phi) is 7.05. The van der Waals surface area contributed by atoms with Gasteiger partial charge in [0.15, 0.2) is 5.13 Å². The number of phenols is 1. The molecule has 2 aromatic rings. The highest BCUT2D eigenvalue weighted by atomic mass is 32.1. The van der Waals surface area contributed by atoms with Gasteiger partial charge in [-0.15, -0.1) is 0 Å². The lowest BCUT2D eigenvalue weighted by Gasteiger charge is -2.31. The minimum absolute atomic E-state index is 0.0477. The Labute approximate surface area is 166 Å². The van der Waals surface area contributed by atoms with Crippen molar-refractivity contribution in [1.82, 2.24) is 4.98 Å². The van der Waals surface area contributed by atoms with Crippen molar-refractivity contribution in [2.45, 2.75) is 50.7 Å². The number of nitrogens with zero attached hydrogens (tertiary/aromatic N) is 1. The van der Waals surface area contributed by atoms with Gasteiger partial charge in [-0.2, -0.15) is 0 Å². The highest BCUT2D eigenvalue weighted by molar-refractivity contribution is 7.22. The number of nitrogens with one attached hydrogen (secondary N) is 1. The van der Waals surface area contributed by atoms with E-state index < -0.39 is 11.9 Å². The monoisotopic (exact) mass is 408 g/mol. The maximum absolute atomic E-state index is 12.1. The number of carbonyl (C=O) groups is 2. The van der Waals surface area contributed by atoms with Crippen LogP contribution in [0, 0.1) is 0 Å². The number of hydrogen-bond donors (Lipinski definition) is 3. The zero-order valence-corrected chi connectivity index (χ0v) is 16.2. The van der Waals surface area contributed by atoms with Crippen molar-refractivity contribution in [3.05, 3.63) is 18.2 Å². The van der Waals surface area contributed by atoms with Crippen molar-refractivity contribution in [2.75, 3.05) is 18.5 Å². The molecule has 0 bridgehead atoms. The normalized spacial score (nSPS) is 19.3. The standard InChI is InChI=1S/C19H24N2O6S/c22-9-10-26-17(24)7-8-18(25)27-15-4-2-1-3-13(15)20-19-21-14-6-5-12(23)11-16(14)28-19/h5-6,11,13,15,22-23H,1-4,7-10H2,(H,20,21)/t13-,15?/m0/s1. The zero-order chi connectivity index (χ0) is 19.9. The second-order valence-electron chi connectivity index (χ2n) is 6.68. The molecular formula is C19H24N2O6S. The van der Waals surface area contributed by atoms with Crippen LogP contribution >= 0.6 is 11.3 Å². The Morgan fingerprint density at radius 1 is 1.21 bits per heavy atom. The summed E-state index contributed by atoms with van der Waals surface area (Å²) >= 11 is 1.44. The Morgan fingerprint density at radius 2 is 2.00 bits per heavy atom. The lowest BCUT2D eigenvalue weighted by Crippen LogP contribution is -2.39. The molecule has 0 radical (unpaired) electrons. The van der Waals surface area contributed by atoms with E-state index in [4.69, 9.17) is 14.6 Å². The van der Waals surface area contributed by atoms with Crippen LogP contribution in [0.15, 0.2) is 18.2 Å². The zero-order valence-electron chi connectivity index (χ0n) is 15.4. The molecule has 0 aliphatic heterocycles. The number of aromatic hydroxyl groups is 1. The molecule has 1 saturated carbocycles. The molecule has 1 fully saturated rings. The second kappa shape index (κ2) is 9.70. The average Bonchev–Trinajstić information content (AvgIpc) is 3.07. The number of aliphatic hydroxyl groups is 1. The van der Waals surface area contributed by atoms with E-state index in [1.54, 1.807) is 18.2 Å². The molecule has 8 nitrogen and oxygen atoms in total. The van der Waals surface area contributed by atoms with Gasteiger partial charge in [0.05, 0.1) is 35.7 Å². The van der Waals surface area contributed by atoms with Gasteiger partial charge in [-0.25, -0.2) is 4.98 Å². The molecule has 1 aliphatic carbocycles. The lowest BCUT2D eigenvalue weighted by atomic mass is 9.92. The fourth-order valence-corrected chi connectivity index (χ4v) is 4.16. The van der Waals surface area contributed by atoms with Gasteiger partial charge in [-0.05, 0) is 37.5 Å². The van der Waals surface area contributed by atoms with E-state index in [0.717, 1.165) is 41.0 Å². The van der Waals surface area contributed by atoms with Crippen molar-refractivity contribution in [3.8, 4) is 5.75 Å². The van der Waals surface area contributed by atoms with Crippen LogP contribution in [0.25, 0.3) is 10.2 Å². The Balaban J connectivity index is 1.55. The molecule has 3 rings (SSSR count). The summed E-state index contributed by atoms with van der Waals surface area (Å²) in [5.41, 5.74) is 0.802. The molecule has 1 aromatic heterocycles. The highest BCUT2D eigenvalue weighted by Gasteiger charge is 2.29. The number of benzene rings is 1. The van der Waals surface area contributed by atoms with Crippen LogP contribution in [0.3, 0.4) is 0 Å². The molecular weight excluding hydrogens is 384 g/mol. The largest absolute Gasteiger partial charge is 0.508 e. The summed E-state index contributed by atoms with van der Waals surface area (Å²) < 4.78 is 11.2. The van der Waals surface area contributed by atoms with Gasteiger partial charge >= 0.3 is 11.9 Å². The SMILES string of the molecule is O=C(CCC(=O)OC1CCCC[C@@H]1Nc1nc2ccc(O)cc2s1)OCCO. The van der Waals surface area contributed by atoms with Gasteiger partial charge in [0.2, 0.25) is 0 Å². The first-order chi connectivity index (χ1) is 13.5. The van der Waals surface area contributed by atoms with E-state index in [2.05, 4.69) is 10.3 Å². The maximum atomic E-state index is 12.1. The third-order valence-corrected chi connectivity index (χ3v) is 5.50. The number of carbonyl (C=O) groups excluding carboxylic acids is 2. The van der Waals surface area contributed by atoms with Crippen molar-refractivity contribution >= 4 is 38.6 Å². The smallest absolute Gasteiger partial charge is 0.306 e. The lowest BCUT2D eigenvalue weighted by molar-refractivity contribution is -0.155. The van der Waals surface area contributed by atoms with Crippen LogP contribution < -0.4 is 5.32 Å². The molecule has 9 heteroatoms. The number of rotatable bonds is 8. The minimum atomic E-state index is -0.526. The summed E-state index contributed by atoms with van der Waals surface area (Å²) in [6.45, 7) is -0.306. The molecule has 1 unspecified atom stereocenters. The number of thiazole rings is 1. The molecule has 3 N–H and O–H groups in total. The van der Waals surface area contributed by atoms with Crippen LogP contribution in [-0.4, -0.2) is 52.5 Å². The number of phenolic OH excluding ortho intramolecular Hbond substituents is 1. The Hall–Kier alpha value is -2.39. The molecule has 1 aromatic carbocycles. The molecule has 28 heavy (non-hydrogen) atoms. The quantitative estimate of drug-likeness (QED) is 0.571. The first-order valence-corrected chi connectivity index (χ1v) is 10.2. The summed E-state index contributed by atoms with van der Waals surface area (Å²) in [5.74, 6) is -0.763. The van der Waals surface area contributed by atoms with E-state index in [1.807, 2.05) is 0 Å². The van der Waals surface area contributed by atoms with Crippen LogP contribution in [0.4, 0.5) is 5.13 Å². The molecule has 0 spiro atoms. The fourth-order valence-electron chi connectivity index (χ4n) is 3.20. The number of anilines is 1. The Morgan fingerprint density at radius 3 is 2.82 bits per heavy atom.